The maximum Gasteiger partial charge on any atom is 0.135 e. The molecule has 1 aliphatic carbocycles. The van der Waals surface area contributed by atoms with Crippen LogP contribution in [0.5, 0.6) is 0 Å². The molecule has 1 aromatic carbocycles. The van der Waals surface area contributed by atoms with Crippen molar-refractivity contribution in [2.45, 2.75) is 44.7 Å². The average Bonchev–Trinajstić information content (AvgIpc) is 2.24. The average molecular weight is 233 g/mol. The third-order valence-electron chi connectivity index (χ3n) is 5.11. The second-order valence-electron chi connectivity index (χ2n) is 6.48. The minimum atomic E-state index is -0.634. The molecule has 0 bridgehead atoms. The molecule has 1 fully saturated rings. The van der Waals surface area contributed by atoms with E-state index in [0.29, 0.717) is 13.1 Å². The first kappa shape index (κ1) is 11.1. The Hall–Kier alpha value is -1.05. The van der Waals surface area contributed by atoms with Crippen LogP contribution in [0.15, 0.2) is 18.2 Å². The molecule has 0 saturated carbocycles. The molecule has 0 aromatic heterocycles. The zero-order valence-electron chi connectivity index (χ0n) is 11.0. The lowest BCUT2D eigenvalue weighted by Gasteiger charge is -2.54. The Labute approximate surface area is 103 Å². The second-order valence-corrected chi connectivity index (χ2v) is 6.48. The topological polar surface area (TPSA) is 3.24 Å². The van der Waals surface area contributed by atoms with Crippen molar-refractivity contribution in [2.24, 2.45) is 0 Å². The third kappa shape index (κ3) is 1.24. The van der Waals surface area contributed by atoms with Crippen molar-refractivity contribution in [3.63, 3.8) is 0 Å². The molecule has 0 N–H and O–H groups in total. The van der Waals surface area contributed by atoms with Gasteiger partial charge in [-0.2, -0.15) is 0 Å². The van der Waals surface area contributed by atoms with Gasteiger partial charge in [0.05, 0.1) is 13.1 Å². The molecule has 0 atom stereocenters. The minimum Gasteiger partial charge on any atom is -0.366 e. The fraction of sp³-hybridized carbons (Fsp3) is 0.600. The standard InChI is InChI=1S/C15H20FN/c1-14(2)12-6-5-11(17-8-10(16)9-17)7-13(12)15(14,3)4/h5-7,10H,8-9H2,1-4H3. The SMILES string of the molecule is CC1(C)c2ccc(N3CC(F)C3)cc2C1(C)C. The van der Waals surface area contributed by atoms with Crippen molar-refractivity contribution in [1.29, 1.82) is 0 Å². The molecule has 0 unspecified atom stereocenters. The summed E-state index contributed by atoms with van der Waals surface area (Å²) < 4.78 is 12.9. The Kier molecular flexibility index (Phi) is 1.98. The molecule has 0 spiro atoms. The molecule has 0 radical (unpaired) electrons. The van der Waals surface area contributed by atoms with E-state index in [4.69, 9.17) is 0 Å². The summed E-state index contributed by atoms with van der Waals surface area (Å²) in [5, 5.41) is 0. The fourth-order valence-corrected chi connectivity index (χ4v) is 3.04. The lowest BCUT2D eigenvalue weighted by molar-refractivity contribution is 0.241. The molecule has 1 aromatic rings. The van der Waals surface area contributed by atoms with Gasteiger partial charge in [0.15, 0.2) is 0 Å². The molecule has 17 heavy (non-hydrogen) atoms. The van der Waals surface area contributed by atoms with Gasteiger partial charge in [0, 0.05) is 5.69 Å². The Morgan fingerprint density at radius 1 is 1.06 bits per heavy atom. The summed E-state index contributed by atoms with van der Waals surface area (Å²) in [5.74, 6) is 0. The minimum absolute atomic E-state index is 0.221. The zero-order valence-corrected chi connectivity index (χ0v) is 11.0. The summed E-state index contributed by atoms with van der Waals surface area (Å²) in [6.45, 7) is 10.3. The third-order valence-corrected chi connectivity index (χ3v) is 5.11. The number of halogens is 1. The molecular formula is C15H20FN. The largest absolute Gasteiger partial charge is 0.366 e. The molecule has 1 heterocycles. The molecule has 1 nitrogen and oxygen atoms in total. The summed E-state index contributed by atoms with van der Waals surface area (Å²) in [6.07, 6.45) is -0.634. The molecule has 1 saturated heterocycles. The highest BCUT2D eigenvalue weighted by Crippen LogP contribution is 2.56. The van der Waals surface area contributed by atoms with E-state index < -0.39 is 6.17 Å². The van der Waals surface area contributed by atoms with Crippen LogP contribution in [0.2, 0.25) is 0 Å². The van der Waals surface area contributed by atoms with Crippen LogP contribution in [0.1, 0.15) is 38.8 Å². The van der Waals surface area contributed by atoms with Crippen LogP contribution in [-0.4, -0.2) is 19.3 Å². The van der Waals surface area contributed by atoms with Gasteiger partial charge in [0.2, 0.25) is 0 Å². The van der Waals surface area contributed by atoms with Gasteiger partial charge in [-0.15, -0.1) is 0 Å². The van der Waals surface area contributed by atoms with E-state index in [1.807, 2.05) is 0 Å². The van der Waals surface area contributed by atoms with E-state index in [1.54, 1.807) is 0 Å². The van der Waals surface area contributed by atoms with Crippen molar-refractivity contribution in [3.8, 4) is 0 Å². The van der Waals surface area contributed by atoms with Gasteiger partial charge in [-0.1, -0.05) is 33.8 Å². The summed E-state index contributed by atoms with van der Waals surface area (Å²) >= 11 is 0. The van der Waals surface area contributed by atoms with E-state index >= 15 is 0 Å². The lowest BCUT2D eigenvalue weighted by Crippen LogP contribution is -2.52. The van der Waals surface area contributed by atoms with Crippen LogP contribution in [0.4, 0.5) is 10.1 Å². The van der Waals surface area contributed by atoms with Crippen molar-refractivity contribution >= 4 is 5.69 Å². The monoisotopic (exact) mass is 233 g/mol. The first-order chi connectivity index (χ1) is 7.84. The Bertz CT molecular complexity index is 470. The van der Waals surface area contributed by atoms with Crippen LogP contribution >= 0.6 is 0 Å². The smallest absolute Gasteiger partial charge is 0.135 e. The maximum atomic E-state index is 12.9. The molecule has 2 heteroatoms. The van der Waals surface area contributed by atoms with Crippen molar-refractivity contribution < 1.29 is 4.39 Å². The number of alkyl halides is 1. The molecule has 92 valence electrons. The number of benzene rings is 1. The van der Waals surface area contributed by atoms with Gasteiger partial charge in [-0.25, -0.2) is 4.39 Å². The van der Waals surface area contributed by atoms with Gasteiger partial charge in [0.25, 0.3) is 0 Å². The Morgan fingerprint density at radius 2 is 1.65 bits per heavy atom. The maximum absolute atomic E-state index is 12.9. The van der Waals surface area contributed by atoms with Gasteiger partial charge in [-0.3, -0.25) is 0 Å². The number of hydrogen-bond acceptors (Lipinski definition) is 1. The number of anilines is 1. The molecule has 0 amide bonds. The molecule has 2 aliphatic rings. The Balaban J connectivity index is 1.96. The van der Waals surface area contributed by atoms with Crippen LogP contribution in [0.3, 0.4) is 0 Å². The predicted octanol–water partition coefficient (Wildman–Crippen LogP) is 3.41. The van der Waals surface area contributed by atoms with E-state index in [1.165, 1.54) is 16.8 Å². The van der Waals surface area contributed by atoms with Crippen LogP contribution < -0.4 is 4.90 Å². The number of fused-ring (bicyclic) bond motifs is 1. The predicted molar refractivity (Wildman–Crippen MR) is 69.6 cm³/mol. The van der Waals surface area contributed by atoms with E-state index in [9.17, 15) is 4.39 Å². The summed E-state index contributed by atoms with van der Waals surface area (Å²) in [7, 11) is 0. The highest BCUT2D eigenvalue weighted by molar-refractivity contribution is 5.62. The first-order valence-electron chi connectivity index (χ1n) is 6.38. The fourth-order valence-electron chi connectivity index (χ4n) is 3.04. The van der Waals surface area contributed by atoms with Crippen molar-refractivity contribution in [3.05, 3.63) is 29.3 Å². The first-order valence-corrected chi connectivity index (χ1v) is 6.38. The quantitative estimate of drug-likeness (QED) is 0.718. The molecule has 3 rings (SSSR count). The summed E-state index contributed by atoms with van der Waals surface area (Å²) in [4.78, 5) is 2.12. The number of hydrogen-bond donors (Lipinski definition) is 0. The van der Waals surface area contributed by atoms with E-state index in [0.717, 1.165) is 0 Å². The summed E-state index contributed by atoms with van der Waals surface area (Å²) in [6, 6.07) is 6.62. The van der Waals surface area contributed by atoms with Crippen molar-refractivity contribution in [1.82, 2.24) is 0 Å². The van der Waals surface area contributed by atoms with Crippen LogP contribution in [-0.2, 0) is 10.8 Å². The highest BCUT2D eigenvalue weighted by atomic mass is 19.1. The Morgan fingerprint density at radius 3 is 2.24 bits per heavy atom. The zero-order chi connectivity index (χ0) is 12.4. The normalized spacial score (nSPS) is 24.9. The van der Waals surface area contributed by atoms with Gasteiger partial charge >= 0.3 is 0 Å². The number of nitrogens with zero attached hydrogens (tertiary/aromatic N) is 1. The van der Waals surface area contributed by atoms with Gasteiger partial charge in [-0.05, 0) is 34.1 Å². The van der Waals surface area contributed by atoms with Gasteiger partial charge < -0.3 is 4.90 Å². The molecule has 1 aliphatic heterocycles. The van der Waals surface area contributed by atoms with Crippen molar-refractivity contribution in [2.75, 3.05) is 18.0 Å². The summed E-state index contributed by atoms with van der Waals surface area (Å²) in [5.41, 5.74) is 4.53. The lowest BCUT2D eigenvalue weighted by atomic mass is 9.49. The van der Waals surface area contributed by atoms with E-state index in [-0.39, 0.29) is 10.8 Å². The second kappa shape index (κ2) is 3.04. The highest BCUT2D eigenvalue weighted by Gasteiger charge is 2.51. The van der Waals surface area contributed by atoms with Crippen LogP contribution in [0, 0.1) is 0 Å². The van der Waals surface area contributed by atoms with E-state index in [2.05, 4.69) is 50.8 Å². The van der Waals surface area contributed by atoms with Crippen LogP contribution in [0.25, 0.3) is 0 Å². The van der Waals surface area contributed by atoms with Gasteiger partial charge in [0.1, 0.15) is 6.17 Å². The molecular weight excluding hydrogens is 213 g/mol. The number of rotatable bonds is 1.